The lowest BCUT2D eigenvalue weighted by Gasteiger charge is -2.17. The minimum Gasteiger partial charge on any atom is -0.496 e. The van der Waals surface area contributed by atoms with Crippen molar-refractivity contribution >= 4 is 15.9 Å². The van der Waals surface area contributed by atoms with E-state index in [1.54, 1.807) is 7.11 Å². The Bertz CT molecular complexity index is 359. The molecule has 1 aliphatic rings. The van der Waals surface area contributed by atoms with Crippen molar-refractivity contribution in [2.45, 2.75) is 19.3 Å². The summed E-state index contributed by atoms with van der Waals surface area (Å²) in [5.41, 5.74) is 2.60. The average molecular weight is 270 g/mol. The zero-order valence-corrected chi connectivity index (χ0v) is 10.7. The van der Waals surface area contributed by atoms with Gasteiger partial charge in [-0.25, -0.2) is 0 Å². The summed E-state index contributed by atoms with van der Waals surface area (Å²) in [4.78, 5) is 0. The van der Waals surface area contributed by atoms with Crippen molar-refractivity contribution < 1.29 is 4.74 Å². The second-order valence-corrected chi connectivity index (χ2v) is 4.80. The van der Waals surface area contributed by atoms with E-state index in [2.05, 4.69) is 40.3 Å². The summed E-state index contributed by atoms with van der Waals surface area (Å²) in [7, 11) is 1.74. The van der Waals surface area contributed by atoms with Gasteiger partial charge in [0.1, 0.15) is 5.75 Å². The van der Waals surface area contributed by atoms with Gasteiger partial charge in [-0.2, -0.15) is 0 Å². The van der Waals surface area contributed by atoms with E-state index in [4.69, 9.17) is 4.74 Å². The lowest BCUT2D eigenvalue weighted by molar-refractivity contribution is 0.405. The summed E-state index contributed by atoms with van der Waals surface area (Å²) in [6, 6.07) is 4.16. The van der Waals surface area contributed by atoms with Gasteiger partial charge in [0.15, 0.2) is 0 Å². The summed E-state index contributed by atoms with van der Waals surface area (Å²) >= 11 is 3.67. The first kappa shape index (κ1) is 11.0. The number of nitrogens with one attached hydrogen (secondary N) is 1. The number of aryl methyl sites for hydroxylation is 1. The maximum absolute atomic E-state index is 5.44. The third kappa shape index (κ3) is 2.04. The fourth-order valence-corrected chi connectivity index (χ4v) is 2.79. The number of methoxy groups -OCH3 is 1. The van der Waals surface area contributed by atoms with Gasteiger partial charge in [-0.1, -0.05) is 22.0 Å². The van der Waals surface area contributed by atoms with E-state index in [9.17, 15) is 0 Å². The molecule has 3 heteroatoms. The first-order chi connectivity index (χ1) is 7.24. The quantitative estimate of drug-likeness (QED) is 0.892. The topological polar surface area (TPSA) is 21.3 Å². The van der Waals surface area contributed by atoms with Crippen LogP contribution in [0.15, 0.2) is 16.6 Å². The maximum atomic E-state index is 5.44. The monoisotopic (exact) mass is 269 g/mol. The zero-order valence-electron chi connectivity index (χ0n) is 9.14. The molecule has 1 heterocycles. The lowest BCUT2D eigenvalue weighted by atomic mass is 9.96. The summed E-state index contributed by atoms with van der Waals surface area (Å²) < 4.78 is 6.64. The van der Waals surface area contributed by atoms with Gasteiger partial charge in [-0.05, 0) is 31.5 Å². The molecule has 0 amide bonds. The third-order valence-electron chi connectivity index (χ3n) is 3.02. The summed E-state index contributed by atoms with van der Waals surface area (Å²) in [5, 5.41) is 3.39. The van der Waals surface area contributed by atoms with Gasteiger partial charge in [-0.15, -0.1) is 0 Å². The molecule has 1 saturated heterocycles. The number of halogens is 1. The Morgan fingerprint density at radius 3 is 2.87 bits per heavy atom. The Hall–Kier alpha value is -0.540. The van der Waals surface area contributed by atoms with Crippen molar-refractivity contribution in [3.63, 3.8) is 0 Å². The van der Waals surface area contributed by atoms with Gasteiger partial charge in [0.25, 0.3) is 0 Å². The van der Waals surface area contributed by atoms with E-state index in [1.165, 1.54) is 22.0 Å². The van der Waals surface area contributed by atoms with Crippen LogP contribution < -0.4 is 10.1 Å². The molecule has 0 aromatic heterocycles. The largest absolute Gasteiger partial charge is 0.496 e. The van der Waals surface area contributed by atoms with Gasteiger partial charge < -0.3 is 10.1 Å². The molecule has 0 bridgehead atoms. The standard InChI is InChI=1S/C12H16BrNO/c1-8-3-4-10(15-2)11(12(8)13)9-5-6-14-7-9/h3-4,9,14H,5-7H2,1-2H3. The fraction of sp³-hybridized carbons (Fsp3) is 0.500. The smallest absolute Gasteiger partial charge is 0.123 e. The van der Waals surface area contributed by atoms with Crippen LogP contribution in [-0.2, 0) is 0 Å². The highest BCUT2D eigenvalue weighted by Crippen LogP contribution is 2.38. The molecule has 1 aliphatic heterocycles. The van der Waals surface area contributed by atoms with Crippen LogP contribution in [0.3, 0.4) is 0 Å². The number of rotatable bonds is 2. The maximum Gasteiger partial charge on any atom is 0.123 e. The molecule has 82 valence electrons. The van der Waals surface area contributed by atoms with Crippen LogP contribution in [0.25, 0.3) is 0 Å². The van der Waals surface area contributed by atoms with Crippen LogP contribution in [0.5, 0.6) is 5.75 Å². The van der Waals surface area contributed by atoms with Crippen LogP contribution in [0.2, 0.25) is 0 Å². The molecule has 2 rings (SSSR count). The normalized spacial score (nSPS) is 20.6. The van der Waals surface area contributed by atoms with Gasteiger partial charge >= 0.3 is 0 Å². The minimum atomic E-state index is 0.578. The molecule has 0 radical (unpaired) electrons. The molecule has 1 atom stereocenters. The van der Waals surface area contributed by atoms with Gasteiger partial charge in [0, 0.05) is 22.5 Å². The van der Waals surface area contributed by atoms with Crippen LogP contribution in [-0.4, -0.2) is 20.2 Å². The molecule has 1 fully saturated rings. The number of hydrogen-bond acceptors (Lipinski definition) is 2. The first-order valence-electron chi connectivity index (χ1n) is 5.27. The van der Waals surface area contributed by atoms with Crippen LogP contribution in [0.1, 0.15) is 23.5 Å². The molecule has 0 spiro atoms. The van der Waals surface area contributed by atoms with Gasteiger partial charge in [0.2, 0.25) is 0 Å². The van der Waals surface area contributed by atoms with Gasteiger partial charge in [0.05, 0.1) is 7.11 Å². The zero-order chi connectivity index (χ0) is 10.8. The highest BCUT2D eigenvalue weighted by molar-refractivity contribution is 9.10. The lowest BCUT2D eigenvalue weighted by Crippen LogP contribution is -2.09. The Morgan fingerprint density at radius 1 is 1.47 bits per heavy atom. The first-order valence-corrected chi connectivity index (χ1v) is 6.07. The Kier molecular flexibility index (Phi) is 3.32. The van der Waals surface area contributed by atoms with Crippen LogP contribution in [0.4, 0.5) is 0 Å². The van der Waals surface area contributed by atoms with E-state index in [1.807, 2.05) is 0 Å². The molecular formula is C12H16BrNO. The van der Waals surface area contributed by atoms with Crippen LogP contribution in [0, 0.1) is 6.92 Å². The summed E-state index contributed by atoms with van der Waals surface area (Å²) in [5.74, 6) is 1.58. The van der Waals surface area contributed by atoms with E-state index in [0.717, 1.165) is 18.8 Å². The second kappa shape index (κ2) is 4.54. The molecular weight excluding hydrogens is 254 g/mol. The highest BCUT2D eigenvalue weighted by atomic mass is 79.9. The van der Waals surface area contributed by atoms with E-state index in [0.29, 0.717) is 5.92 Å². The molecule has 1 unspecified atom stereocenters. The predicted octanol–water partition coefficient (Wildman–Crippen LogP) is 2.84. The molecule has 15 heavy (non-hydrogen) atoms. The summed E-state index contributed by atoms with van der Waals surface area (Å²) in [6.07, 6.45) is 1.19. The van der Waals surface area contributed by atoms with Crippen molar-refractivity contribution in [3.05, 3.63) is 27.7 Å². The number of hydrogen-bond donors (Lipinski definition) is 1. The Morgan fingerprint density at radius 2 is 2.27 bits per heavy atom. The van der Waals surface area contributed by atoms with Gasteiger partial charge in [-0.3, -0.25) is 0 Å². The SMILES string of the molecule is COc1ccc(C)c(Br)c1C1CCNC1. The predicted molar refractivity (Wildman–Crippen MR) is 65.7 cm³/mol. The van der Waals surface area contributed by atoms with Crippen molar-refractivity contribution in [2.24, 2.45) is 0 Å². The van der Waals surface area contributed by atoms with Crippen molar-refractivity contribution in [1.82, 2.24) is 5.32 Å². The van der Waals surface area contributed by atoms with Crippen molar-refractivity contribution in [2.75, 3.05) is 20.2 Å². The van der Waals surface area contributed by atoms with E-state index < -0.39 is 0 Å². The molecule has 0 saturated carbocycles. The highest BCUT2D eigenvalue weighted by Gasteiger charge is 2.23. The second-order valence-electron chi connectivity index (χ2n) is 4.00. The van der Waals surface area contributed by atoms with Crippen molar-refractivity contribution in [3.8, 4) is 5.75 Å². The molecule has 0 aliphatic carbocycles. The van der Waals surface area contributed by atoms with Crippen LogP contribution >= 0.6 is 15.9 Å². The number of ether oxygens (including phenoxy) is 1. The van der Waals surface area contributed by atoms with Crippen molar-refractivity contribution in [1.29, 1.82) is 0 Å². The Balaban J connectivity index is 2.45. The van der Waals surface area contributed by atoms with E-state index >= 15 is 0 Å². The summed E-state index contributed by atoms with van der Waals surface area (Å²) in [6.45, 7) is 4.28. The Labute approximate surface area is 99.1 Å². The third-order valence-corrected chi connectivity index (χ3v) is 4.07. The fourth-order valence-electron chi connectivity index (χ4n) is 2.14. The minimum absolute atomic E-state index is 0.578. The number of benzene rings is 1. The molecule has 1 aromatic rings. The van der Waals surface area contributed by atoms with E-state index in [-0.39, 0.29) is 0 Å². The molecule has 1 N–H and O–H groups in total. The molecule has 1 aromatic carbocycles. The average Bonchev–Trinajstić information content (AvgIpc) is 2.75. The molecule has 2 nitrogen and oxygen atoms in total.